The lowest BCUT2D eigenvalue weighted by molar-refractivity contribution is -0.134. The van der Waals surface area contributed by atoms with Crippen molar-refractivity contribution in [3.05, 3.63) is 66.6 Å². The van der Waals surface area contributed by atoms with Crippen LogP contribution in [0.15, 0.2) is 65.3 Å². The molecule has 1 unspecified atom stereocenters. The Labute approximate surface area is 188 Å². The lowest BCUT2D eigenvalue weighted by atomic mass is 9.81. The van der Waals surface area contributed by atoms with Gasteiger partial charge in [0.25, 0.3) is 5.91 Å². The molecule has 1 atom stereocenters. The fourth-order valence-electron chi connectivity index (χ4n) is 4.13. The number of amides is 2. The van der Waals surface area contributed by atoms with E-state index in [4.69, 9.17) is 23.4 Å². The molecule has 4 heterocycles. The summed E-state index contributed by atoms with van der Waals surface area (Å²) in [6.45, 7) is 0.246. The van der Waals surface area contributed by atoms with Crippen LogP contribution < -0.4 is 29.2 Å². The summed E-state index contributed by atoms with van der Waals surface area (Å²) in [4.78, 5) is 27.9. The van der Waals surface area contributed by atoms with Crippen LogP contribution in [0.1, 0.15) is 12.2 Å². The Morgan fingerprint density at radius 2 is 1.67 bits per heavy atom. The van der Waals surface area contributed by atoms with Gasteiger partial charge in [0, 0.05) is 23.5 Å². The smallest absolute Gasteiger partial charge is 0.255 e. The maximum atomic E-state index is 13.6. The molecule has 1 N–H and O–H groups in total. The van der Waals surface area contributed by atoms with Crippen LogP contribution in [0.4, 0.5) is 11.4 Å². The van der Waals surface area contributed by atoms with Gasteiger partial charge < -0.3 is 28.7 Å². The summed E-state index contributed by atoms with van der Waals surface area (Å²) in [7, 11) is 0. The first-order valence-electron chi connectivity index (χ1n) is 10.3. The van der Waals surface area contributed by atoms with Gasteiger partial charge in [0.1, 0.15) is 5.76 Å². The van der Waals surface area contributed by atoms with Crippen molar-refractivity contribution >= 4 is 29.3 Å². The van der Waals surface area contributed by atoms with Gasteiger partial charge in [-0.1, -0.05) is 0 Å². The number of nitrogens with one attached hydrogen (secondary N) is 1. The first kappa shape index (κ1) is 19.3. The SMILES string of the molecule is O=C1CC(C=Cc2ccco2)(C(=O)Nc2ccc3c(c2)OCO3)N1c1ccc2c(c1)OCO2. The van der Waals surface area contributed by atoms with Crippen LogP contribution in [0.25, 0.3) is 6.08 Å². The van der Waals surface area contributed by atoms with E-state index in [0.29, 0.717) is 40.1 Å². The van der Waals surface area contributed by atoms with E-state index >= 15 is 0 Å². The maximum absolute atomic E-state index is 13.6. The molecular weight excluding hydrogens is 428 g/mol. The van der Waals surface area contributed by atoms with E-state index in [-0.39, 0.29) is 31.8 Å². The molecule has 0 aliphatic carbocycles. The maximum Gasteiger partial charge on any atom is 0.255 e. The molecule has 0 bridgehead atoms. The molecule has 6 rings (SSSR count). The van der Waals surface area contributed by atoms with E-state index in [1.54, 1.807) is 66.9 Å². The van der Waals surface area contributed by atoms with Crippen LogP contribution >= 0.6 is 0 Å². The number of anilines is 2. The van der Waals surface area contributed by atoms with Crippen molar-refractivity contribution in [3.8, 4) is 23.0 Å². The van der Waals surface area contributed by atoms with Crippen LogP contribution in [0.3, 0.4) is 0 Å². The summed E-state index contributed by atoms with van der Waals surface area (Å²) in [6.07, 6.45) is 4.90. The third kappa shape index (κ3) is 3.16. The number of hydrogen-bond acceptors (Lipinski definition) is 7. The minimum atomic E-state index is -1.27. The molecule has 2 amide bonds. The number of furan rings is 1. The molecule has 1 aromatic heterocycles. The Kier molecular flexibility index (Phi) is 4.29. The number of ether oxygens (including phenoxy) is 4. The Balaban J connectivity index is 1.36. The zero-order chi connectivity index (χ0) is 22.4. The van der Waals surface area contributed by atoms with Crippen LogP contribution in [0.2, 0.25) is 0 Å². The second-order valence-corrected chi connectivity index (χ2v) is 7.74. The minimum Gasteiger partial charge on any atom is -0.465 e. The Bertz CT molecular complexity index is 1280. The zero-order valence-corrected chi connectivity index (χ0v) is 17.3. The first-order valence-corrected chi connectivity index (χ1v) is 10.3. The Hall–Kier alpha value is -4.40. The van der Waals surface area contributed by atoms with Gasteiger partial charge >= 0.3 is 0 Å². The van der Waals surface area contributed by atoms with E-state index in [1.807, 2.05) is 0 Å². The van der Waals surface area contributed by atoms with Gasteiger partial charge in [-0.25, -0.2) is 0 Å². The van der Waals surface area contributed by atoms with Crippen molar-refractivity contribution in [1.82, 2.24) is 0 Å². The molecule has 9 heteroatoms. The molecule has 166 valence electrons. The number of nitrogens with zero attached hydrogens (tertiary/aromatic N) is 1. The molecule has 1 saturated heterocycles. The summed E-state index contributed by atoms with van der Waals surface area (Å²) in [5.41, 5.74) is -0.214. The van der Waals surface area contributed by atoms with E-state index in [9.17, 15) is 9.59 Å². The Morgan fingerprint density at radius 3 is 2.39 bits per heavy atom. The zero-order valence-electron chi connectivity index (χ0n) is 17.3. The van der Waals surface area contributed by atoms with Crippen molar-refractivity contribution < 1.29 is 33.0 Å². The standard InChI is InChI=1S/C24H18N2O7/c27-22-12-24(8-7-17-2-1-9-29-17,26(22)16-4-6-19-21(11-16)33-14-31-19)23(28)25-15-3-5-18-20(10-15)32-13-30-18/h1-11H,12-14H2,(H,25,28). The topological polar surface area (TPSA) is 99.5 Å². The number of hydrogen-bond donors (Lipinski definition) is 1. The van der Waals surface area contributed by atoms with E-state index in [2.05, 4.69) is 5.32 Å². The number of benzene rings is 2. The predicted molar refractivity (Wildman–Crippen MR) is 116 cm³/mol. The van der Waals surface area contributed by atoms with Crippen LogP contribution in [0, 0.1) is 0 Å². The highest BCUT2D eigenvalue weighted by atomic mass is 16.7. The summed E-state index contributed by atoms with van der Waals surface area (Å²) in [5.74, 6) is 2.27. The van der Waals surface area contributed by atoms with Gasteiger partial charge in [-0.3, -0.25) is 14.5 Å². The number of fused-ring (bicyclic) bond motifs is 2. The molecule has 0 spiro atoms. The first-order chi connectivity index (χ1) is 16.1. The fourth-order valence-corrected chi connectivity index (χ4v) is 4.13. The number of carbonyl (C=O) groups excluding carboxylic acids is 2. The average molecular weight is 446 g/mol. The molecule has 0 saturated carbocycles. The van der Waals surface area contributed by atoms with Crippen molar-refractivity contribution in [1.29, 1.82) is 0 Å². The molecule has 3 aliphatic heterocycles. The highest BCUT2D eigenvalue weighted by Crippen LogP contribution is 2.44. The van der Waals surface area contributed by atoms with Gasteiger partial charge in [0.15, 0.2) is 28.5 Å². The molecule has 3 aromatic rings. The molecule has 3 aliphatic rings. The minimum absolute atomic E-state index is 0.00492. The summed E-state index contributed by atoms with van der Waals surface area (Å²) < 4.78 is 26.9. The van der Waals surface area contributed by atoms with E-state index < -0.39 is 5.54 Å². The number of β-lactam (4-membered cyclic amide) rings is 1. The van der Waals surface area contributed by atoms with Gasteiger partial charge in [-0.05, 0) is 48.6 Å². The van der Waals surface area contributed by atoms with Crippen molar-refractivity contribution in [3.63, 3.8) is 0 Å². The Morgan fingerprint density at radius 1 is 0.939 bits per heavy atom. The molecule has 0 radical (unpaired) electrons. The second-order valence-electron chi connectivity index (χ2n) is 7.74. The van der Waals surface area contributed by atoms with Crippen LogP contribution in [-0.2, 0) is 9.59 Å². The van der Waals surface area contributed by atoms with Crippen LogP contribution in [-0.4, -0.2) is 30.9 Å². The molecule has 33 heavy (non-hydrogen) atoms. The highest BCUT2D eigenvalue weighted by Gasteiger charge is 2.56. The van der Waals surface area contributed by atoms with Crippen LogP contribution in [0.5, 0.6) is 23.0 Å². The van der Waals surface area contributed by atoms with E-state index in [0.717, 1.165) is 0 Å². The third-order valence-corrected chi connectivity index (χ3v) is 5.77. The summed E-state index contributed by atoms with van der Waals surface area (Å²) in [5, 5.41) is 2.91. The number of carbonyl (C=O) groups is 2. The van der Waals surface area contributed by atoms with Crippen molar-refractivity contribution in [2.75, 3.05) is 23.8 Å². The molecule has 1 fully saturated rings. The predicted octanol–water partition coefficient (Wildman–Crippen LogP) is 3.56. The quantitative estimate of drug-likeness (QED) is 0.598. The molecule has 2 aromatic carbocycles. The fraction of sp³-hybridized carbons (Fsp3) is 0.167. The lowest BCUT2D eigenvalue weighted by Gasteiger charge is -2.48. The summed E-state index contributed by atoms with van der Waals surface area (Å²) >= 11 is 0. The van der Waals surface area contributed by atoms with Gasteiger partial charge in [-0.2, -0.15) is 0 Å². The normalized spacial score (nSPS) is 20.2. The van der Waals surface area contributed by atoms with Crippen molar-refractivity contribution in [2.24, 2.45) is 0 Å². The largest absolute Gasteiger partial charge is 0.465 e. The van der Waals surface area contributed by atoms with E-state index in [1.165, 1.54) is 4.90 Å². The van der Waals surface area contributed by atoms with Gasteiger partial charge in [-0.15, -0.1) is 0 Å². The average Bonchev–Trinajstić information content (AvgIpc) is 3.57. The van der Waals surface area contributed by atoms with Gasteiger partial charge in [0.2, 0.25) is 19.5 Å². The number of rotatable bonds is 5. The van der Waals surface area contributed by atoms with Gasteiger partial charge in [0.05, 0.1) is 12.7 Å². The highest BCUT2D eigenvalue weighted by molar-refractivity contribution is 6.18. The third-order valence-electron chi connectivity index (χ3n) is 5.77. The van der Waals surface area contributed by atoms with Crippen molar-refractivity contribution in [2.45, 2.75) is 12.0 Å². The lowest BCUT2D eigenvalue weighted by Crippen LogP contribution is -2.68. The summed E-state index contributed by atoms with van der Waals surface area (Å²) in [6, 6.07) is 13.8. The molecule has 9 nitrogen and oxygen atoms in total. The second kappa shape index (κ2) is 7.33. The monoisotopic (exact) mass is 446 g/mol. The molecular formula is C24H18N2O7.